The molecular weight excluding hydrogens is 1260 g/mol. The van der Waals surface area contributed by atoms with Crippen LogP contribution in [-0.4, -0.2) is 117 Å². The highest BCUT2D eigenvalue weighted by atomic mass is 35.5. The van der Waals surface area contributed by atoms with E-state index in [1.54, 1.807) is 61.3 Å². The van der Waals surface area contributed by atoms with Crippen LogP contribution in [0.15, 0.2) is 116 Å². The zero-order valence-electron chi connectivity index (χ0n) is 48.9. The summed E-state index contributed by atoms with van der Waals surface area (Å²) in [6.45, 7) is 8.66. The third-order valence-electron chi connectivity index (χ3n) is 15.7. The minimum absolute atomic E-state index is 0.0509. The summed E-state index contributed by atoms with van der Waals surface area (Å²) < 4.78 is 72.5. The summed E-state index contributed by atoms with van der Waals surface area (Å²) in [5.74, 6) is -3.77. The van der Waals surface area contributed by atoms with E-state index in [-0.39, 0.29) is 80.7 Å². The van der Waals surface area contributed by atoms with Crippen LogP contribution >= 0.6 is 38.2 Å². The highest BCUT2D eigenvalue weighted by Gasteiger charge is 2.48. The average Bonchev–Trinajstić information content (AvgIpc) is 1.72. The van der Waals surface area contributed by atoms with Gasteiger partial charge >= 0.3 is 25.8 Å². The maximum absolute atomic E-state index is 14.4. The Morgan fingerprint density at radius 2 is 1.38 bits per heavy atom. The van der Waals surface area contributed by atoms with Crippen molar-refractivity contribution in [2.75, 3.05) is 31.3 Å². The summed E-state index contributed by atoms with van der Waals surface area (Å²) in [7, 11) is -10.5. The molecule has 29 heteroatoms. The lowest BCUT2D eigenvalue weighted by Crippen LogP contribution is -2.61. The first-order valence-corrected chi connectivity index (χ1v) is 35.6. The second-order valence-electron chi connectivity index (χ2n) is 22.7. The van der Waals surface area contributed by atoms with Crippen LogP contribution in [0.1, 0.15) is 48.7 Å². The number of nitrogens with two attached hydrogens (primary N) is 1. The Morgan fingerprint density at radius 1 is 0.753 bits per heavy atom. The zero-order chi connectivity index (χ0) is 64.4. The van der Waals surface area contributed by atoms with Crippen LogP contribution in [0.4, 0.5) is 28.9 Å². The van der Waals surface area contributed by atoms with Gasteiger partial charge in [0, 0.05) is 103 Å². The van der Waals surface area contributed by atoms with E-state index in [9.17, 15) is 61.3 Å². The molecule has 5 amide bonds. The van der Waals surface area contributed by atoms with Gasteiger partial charge in [-0.3, -0.25) is 42.3 Å². The average molecular weight is 1320 g/mol. The molecule has 0 bridgehead atoms. The number of urea groups is 1. The zero-order valence-corrected chi connectivity index (χ0v) is 53.2. The van der Waals surface area contributed by atoms with E-state index in [4.69, 9.17) is 42.9 Å². The molecule has 22 nitrogen and oxygen atoms in total. The number of rotatable bonds is 18. The molecule has 3 unspecified atom stereocenters. The number of ketones is 2. The number of aromatic nitrogens is 2. The number of hydrogen-bond acceptors (Lipinski definition) is 13. The molecule has 6 N–H and O–H groups in total. The Hall–Kier alpha value is -7.57. The maximum atomic E-state index is 14.4. The van der Waals surface area contributed by atoms with Crippen molar-refractivity contribution in [3.63, 3.8) is 0 Å². The van der Waals surface area contributed by atoms with Crippen molar-refractivity contribution >= 4 is 131 Å². The summed E-state index contributed by atoms with van der Waals surface area (Å²) >= 11 is 11.7. The first-order valence-electron chi connectivity index (χ1n) is 28.2. The van der Waals surface area contributed by atoms with Gasteiger partial charge in [-0.1, -0.05) is 84.8 Å². The van der Waals surface area contributed by atoms with E-state index in [1.807, 2.05) is 0 Å². The second-order valence-corrected chi connectivity index (χ2v) is 32.7. The fourth-order valence-electron chi connectivity index (χ4n) is 11.4. The number of hydrazine groups is 1. The van der Waals surface area contributed by atoms with Crippen molar-refractivity contribution in [2.45, 2.75) is 84.2 Å². The van der Waals surface area contributed by atoms with Crippen molar-refractivity contribution in [1.29, 1.82) is 0 Å². The number of nitrogens with one attached hydrogen (secondary N) is 2. The highest BCUT2D eigenvalue weighted by Crippen LogP contribution is 2.44. The topological polar surface area (TPSA) is 291 Å². The number of carbonyl (C=O) groups is 7. The molecule has 0 saturated carbocycles. The van der Waals surface area contributed by atoms with Gasteiger partial charge in [-0.25, -0.2) is 33.2 Å². The van der Waals surface area contributed by atoms with Crippen molar-refractivity contribution in [1.82, 2.24) is 29.8 Å². The third-order valence-corrected chi connectivity index (χ3v) is 22.7. The fourth-order valence-corrected chi connectivity index (χ4v) is 17.7. The van der Waals surface area contributed by atoms with Gasteiger partial charge in [-0.05, 0) is 93.9 Å². The molecule has 3 aliphatic heterocycles. The van der Waals surface area contributed by atoms with Crippen molar-refractivity contribution in [3.05, 3.63) is 154 Å². The number of halogens is 4. The Morgan fingerprint density at radius 3 is 2.01 bits per heavy atom. The maximum Gasteiger partial charge on any atom is 0.510 e. The summed E-state index contributed by atoms with van der Waals surface area (Å²) in [5, 5.41) is 9.55. The van der Waals surface area contributed by atoms with Gasteiger partial charge in [-0.2, -0.15) is 0 Å². The van der Waals surface area contributed by atoms with Gasteiger partial charge in [-0.15, -0.1) is 0 Å². The lowest BCUT2D eigenvalue weighted by atomic mass is 9.91. The van der Waals surface area contributed by atoms with Gasteiger partial charge in [0.15, 0.2) is 11.6 Å². The first-order chi connectivity index (χ1) is 42.1. The van der Waals surface area contributed by atoms with Crippen LogP contribution in [0, 0.1) is 23.5 Å². The quantitative estimate of drug-likeness (QED) is 0.0176. The third kappa shape index (κ3) is 14.4. The van der Waals surface area contributed by atoms with E-state index in [1.165, 1.54) is 99.0 Å². The Labute approximate surface area is 520 Å². The Kier molecular flexibility index (Phi) is 19.9. The van der Waals surface area contributed by atoms with E-state index in [0.29, 0.717) is 64.7 Å². The van der Waals surface area contributed by atoms with Gasteiger partial charge in [0.2, 0.25) is 18.6 Å². The van der Waals surface area contributed by atoms with E-state index >= 15 is 0 Å². The molecule has 3 fully saturated rings. The number of amides is 5. The molecule has 3 aliphatic rings. The van der Waals surface area contributed by atoms with Crippen LogP contribution in [0.2, 0.25) is 35.2 Å². The van der Waals surface area contributed by atoms with Gasteiger partial charge in [0.25, 0.3) is 7.37 Å². The lowest BCUT2D eigenvalue weighted by Gasteiger charge is -2.41. The number of hydrogen-bond donors (Lipinski definition) is 5. The summed E-state index contributed by atoms with van der Waals surface area (Å²) in [6.07, 6.45) is 1.77. The normalized spacial score (nSPS) is 18.6. The highest BCUT2D eigenvalue weighted by molar-refractivity contribution is 7.73. The molecule has 0 aliphatic carbocycles. The Bertz CT molecular complexity index is 4060. The number of fused-ring (bicyclic) bond motifs is 3. The van der Waals surface area contributed by atoms with Gasteiger partial charge < -0.3 is 40.2 Å². The smallest absolute Gasteiger partial charge is 0.432 e. The fraction of sp³-hybridized carbons (Fsp3) is 0.317. The summed E-state index contributed by atoms with van der Waals surface area (Å²) in [4.78, 5) is 114. The minimum atomic E-state index is -4.51. The molecule has 3 saturated heterocycles. The van der Waals surface area contributed by atoms with Crippen LogP contribution in [-0.2, 0) is 57.1 Å². The largest absolute Gasteiger partial charge is 0.510 e. The molecule has 2 aromatic heterocycles. The number of anilines is 1. The number of carbonyl (C=O) groups excluding carboxylic acids is 7. The van der Waals surface area contributed by atoms with E-state index in [2.05, 4.69) is 23.7 Å². The molecule has 0 radical (unpaired) electrons. The van der Waals surface area contributed by atoms with Gasteiger partial charge in [0.1, 0.15) is 17.7 Å². The van der Waals surface area contributed by atoms with Gasteiger partial charge in [0.05, 0.1) is 44.7 Å². The molecule has 7 aromatic rings. The second kappa shape index (κ2) is 26.9. The molecule has 5 heterocycles. The molecule has 470 valence electrons. The summed E-state index contributed by atoms with van der Waals surface area (Å²) in [6, 6.07) is 24.8. The van der Waals surface area contributed by atoms with Crippen LogP contribution in [0.25, 0.3) is 21.8 Å². The number of benzene rings is 5. The standard InChI is InChI=1S/C31H37ClFN2O9PSi.C29H27ClFN6O5P/c1-18(2)44-31(39)42-17-43-45(40,41)21-9-10-22-23(19(3)36)13-35(27(22)11-21)14-28(37)24-15-46(4,5)16-25(24)30(38)34-12-20-7-6-8-26(32)29(20)33;30-22-8-4-5-18(26(22)31)16-33-27(38)24-11-12-34-13-14-35(29(40)37(24)34)25-17-36(28(32)39)23-10-9-20(15-21(23)25)43(41,42)19-6-2-1-3-7-19/h6-11,13,18,24-25H,12,14-17H2,1-5H3,(H,34,38)(H,40,41);1-10,15,17,24H,11-14,16H2,(H2,32,39)(H,33,38)(H,41,42)/t24?,25-;24-/m10/s1. The van der Waals surface area contributed by atoms with Crippen molar-refractivity contribution < 1.29 is 75.3 Å². The molecule has 10 rings (SSSR count). The SMILES string of the molecule is CC(=O)c1cn(CC(=O)C2C[Si](C)(C)C[C@H]2C(=O)NCc2cccc(Cl)c2F)c2cc(P(=O)(O)OCOC(=O)OC(C)C)ccc12.NC(=O)n1cc(N2CCN3CC[C@@H](C(=O)NCc4cccc(Cl)c4F)N3C2=O)c2cc(P(=O)(O)c3ccccc3)ccc21. The molecular formula is C60H64Cl2F2N8O14P2Si. The predicted octanol–water partition coefficient (Wildman–Crippen LogP) is 8.95. The number of Topliss-reactive ketones (excluding diaryl/α,β-unsaturated/α-hetero) is 2. The number of primary amides is 1. The van der Waals surface area contributed by atoms with Crippen molar-refractivity contribution in [3.8, 4) is 0 Å². The minimum Gasteiger partial charge on any atom is -0.432 e. The van der Waals surface area contributed by atoms with Crippen LogP contribution in [0.3, 0.4) is 0 Å². The molecule has 0 spiro atoms. The van der Waals surface area contributed by atoms with E-state index in [0.717, 1.165) is 0 Å². The molecule has 5 aromatic carbocycles. The number of ether oxygens (including phenoxy) is 2. The predicted molar refractivity (Wildman–Crippen MR) is 333 cm³/mol. The van der Waals surface area contributed by atoms with Crippen LogP contribution < -0.4 is 37.2 Å². The number of nitrogens with zero attached hydrogens (tertiary/aromatic N) is 5. The molecule has 5 atom stereocenters. The molecule has 89 heavy (non-hydrogen) atoms. The van der Waals surface area contributed by atoms with Crippen molar-refractivity contribution in [2.24, 2.45) is 17.6 Å². The first kappa shape index (κ1) is 65.9. The monoisotopic (exact) mass is 1320 g/mol. The van der Waals surface area contributed by atoms with Crippen LogP contribution in [0.5, 0.6) is 0 Å². The Balaban J connectivity index is 0.000000212. The summed E-state index contributed by atoms with van der Waals surface area (Å²) in [5.41, 5.74) is 7.38. The lowest BCUT2D eigenvalue weighted by molar-refractivity contribution is -0.132. The van der Waals surface area contributed by atoms with E-state index < -0.39 is 89.6 Å².